The quantitative estimate of drug-likeness (QED) is 0.542. The molecule has 0 aromatic heterocycles. The zero-order valence-corrected chi connectivity index (χ0v) is 12.1. The first-order chi connectivity index (χ1) is 8.86. The summed E-state index contributed by atoms with van der Waals surface area (Å²) < 4.78 is 0. The van der Waals surface area contributed by atoms with Gasteiger partial charge in [-0.25, -0.2) is 0 Å². The van der Waals surface area contributed by atoms with Crippen LogP contribution in [0.15, 0.2) is 24.3 Å². The van der Waals surface area contributed by atoms with Gasteiger partial charge in [-0.05, 0) is 43.4 Å². The van der Waals surface area contributed by atoms with Crippen LogP contribution in [-0.2, 0) is 0 Å². The molecule has 18 heavy (non-hydrogen) atoms. The molecule has 2 unspecified atom stereocenters. The Bertz CT molecular complexity index is 268. The minimum absolute atomic E-state index is 0.872. The second-order valence-electron chi connectivity index (χ2n) is 6.47. The SMILES string of the molecule is CC1CCCCC1C/C=C\C=C\C1CCCCC1. The third kappa shape index (κ3) is 4.63. The maximum absolute atomic E-state index is 2.44. The van der Waals surface area contributed by atoms with Gasteiger partial charge < -0.3 is 0 Å². The van der Waals surface area contributed by atoms with Crippen molar-refractivity contribution in [2.75, 3.05) is 0 Å². The van der Waals surface area contributed by atoms with Crippen LogP contribution < -0.4 is 0 Å². The molecule has 0 bridgehead atoms. The Morgan fingerprint density at radius 1 is 0.833 bits per heavy atom. The zero-order chi connectivity index (χ0) is 12.6. The fourth-order valence-corrected chi connectivity index (χ4v) is 3.62. The molecule has 102 valence electrons. The molecule has 0 heteroatoms. The van der Waals surface area contributed by atoms with Crippen LogP contribution in [0.4, 0.5) is 0 Å². The summed E-state index contributed by atoms with van der Waals surface area (Å²) in [4.78, 5) is 0. The monoisotopic (exact) mass is 246 g/mol. The predicted octanol–water partition coefficient (Wildman–Crippen LogP) is 5.90. The lowest BCUT2D eigenvalue weighted by atomic mass is 9.78. The third-order valence-corrected chi connectivity index (χ3v) is 5.01. The molecule has 2 fully saturated rings. The summed E-state index contributed by atoms with van der Waals surface area (Å²) >= 11 is 0. The molecule has 2 aliphatic rings. The van der Waals surface area contributed by atoms with E-state index < -0.39 is 0 Å². The maximum atomic E-state index is 2.44. The summed E-state index contributed by atoms with van der Waals surface area (Å²) in [6, 6.07) is 0. The molecule has 0 nitrogen and oxygen atoms in total. The Hall–Kier alpha value is -0.520. The summed E-state index contributed by atoms with van der Waals surface area (Å²) in [5.41, 5.74) is 0. The zero-order valence-electron chi connectivity index (χ0n) is 12.1. The van der Waals surface area contributed by atoms with Crippen LogP contribution in [0.1, 0.15) is 71.1 Å². The highest BCUT2D eigenvalue weighted by Crippen LogP contribution is 2.32. The smallest absolute Gasteiger partial charge is 0.0230 e. The number of rotatable bonds is 4. The summed E-state index contributed by atoms with van der Waals surface area (Å²) in [5, 5.41) is 0. The van der Waals surface area contributed by atoms with E-state index in [1.165, 1.54) is 64.2 Å². The first kappa shape index (κ1) is 13.9. The van der Waals surface area contributed by atoms with E-state index in [0.29, 0.717) is 0 Å². The Kier molecular flexibility index (Phi) is 6.04. The summed E-state index contributed by atoms with van der Waals surface area (Å²) in [7, 11) is 0. The molecule has 0 N–H and O–H groups in total. The largest absolute Gasteiger partial charge is 0.0843 e. The van der Waals surface area contributed by atoms with Crippen molar-refractivity contribution in [3.8, 4) is 0 Å². The molecule has 2 atom stereocenters. The molecule has 0 amide bonds. The molecule has 0 radical (unpaired) electrons. The summed E-state index contributed by atoms with van der Waals surface area (Å²) in [5.74, 6) is 2.78. The molecule has 0 spiro atoms. The average molecular weight is 246 g/mol. The molecule has 0 aromatic carbocycles. The van der Waals surface area contributed by atoms with Crippen molar-refractivity contribution < 1.29 is 0 Å². The van der Waals surface area contributed by atoms with Gasteiger partial charge in [-0.1, -0.05) is 69.8 Å². The van der Waals surface area contributed by atoms with Crippen LogP contribution in [0.25, 0.3) is 0 Å². The Morgan fingerprint density at radius 3 is 2.33 bits per heavy atom. The van der Waals surface area contributed by atoms with Crippen molar-refractivity contribution in [3.05, 3.63) is 24.3 Å². The molecular weight excluding hydrogens is 216 g/mol. The van der Waals surface area contributed by atoms with Gasteiger partial charge in [0.1, 0.15) is 0 Å². The molecule has 2 saturated carbocycles. The minimum atomic E-state index is 0.872. The average Bonchev–Trinajstić information content (AvgIpc) is 2.42. The van der Waals surface area contributed by atoms with E-state index in [9.17, 15) is 0 Å². The van der Waals surface area contributed by atoms with Gasteiger partial charge in [0.2, 0.25) is 0 Å². The van der Waals surface area contributed by atoms with Gasteiger partial charge >= 0.3 is 0 Å². The Labute approximate surface area is 114 Å². The van der Waals surface area contributed by atoms with E-state index in [1.807, 2.05) is 0 Å². The highest BCUT2D eigenvalue weighted by Gasteiger charge is 2.19. The minimum Gasteiger partial charge on any atom is -0.0843 e. The molecular formula is C18H30. The topological polar surface area (TPSA) is 0 Å². The predicted molar refractivity (Wildman–Crippen MR) is 80.6 cm³/mol. The van der Waals surface area contributed by atoms with Gasteiger partial charge in [0.15, 0.2) is 0 Å². The van der Waals surface area contributed by atoms with Crippen molar-refractivity contribution in [1.29, 1.82) is 0 Å². The van der Waals surface area contributed by atoms with E-state index in [2.05, 4.69) is 31.2 Å². The lowest BCUT2D eigenvalue weighted by molar-refractivity contribution is 0.258. The van der Waals surface area contributed by atoms with Gasteiger partial charge in [-0.3, -0.25) is 0 Å². The molecule has 2 aliphatic carbocycles. The van der Waals surface area contributed by atoms with Crippen LogP contribution in [0, 0.1) is 17.8 Å². The van der Waals surface area contributed by atoms with Gasteiger partial charge in [0.05, 0.1) is 0 Å². The standard InChI is InChI=1S/C18H30/c1-16-10-8-9-15-18(16)14-7-3-6-13-17-11-4-2-5-12-17/h3,6-7,13,16-18H,2,4-5,8-12,14-15H2,1H3/b7-3-,13-6+. The third-order valence-electron chi connectivity index (χ3n) is 5.01. The van der Waals surface area contributed by atoms with Crippen LogP contribution >= 0.6 is 0 Å². The number of allylic oxidation sites excluding steroid dienone is 4. The molecule has 0 aromatic rings. The van der Waals surface area contributed by atoms with Crippen LogP contribution in [0.2, 0.25) is 0 Å². The maximum Gasteiger partial charge on any atom is -0.0230 e. The van der Waals surface area contributed by atoms with E-state index in [4.69, 9.17) is 0 Å². The fraction of sp³-hybridized carbons (Fsp3) is 0.778. The van der Waals surface area contributed by atoms with E-state index in [1.54, 1.807) is 0 Å². The normalized spacial score (nSPS) is 31.4. The summed E-state index contributed by atoms with van der Waals surface area (Å²) in [6.07, 6.45) is 23.8. The molecule has 0 saturated heterocycles. The van der Waals surface area contributed by atoms with Gasteiger partial charge in [0.25, 0.3) is 0 Å². The highest BCUT2D eigenvalue weighted by molar-refractivity contribution is 5.05. The molecule has 0 aliphatic heterocycles. The van der Waals surface area contributed by atoms with E-state index in [0.717, 1.165) is 17.8 Å². The van der Waals surface area contributed by atoms with Crippen molar-refractivity contribution in [3.63, 3.8) is 0 Å². The van der Waals surface area contributed by atoms with Crippen LogP contribution in [0.3, 0.4) is 0 Å². The Balaban J connectivity index is 1.65. The second-order valence-corrected chi connectivity index (χ2v) is 6.47. The Morgan fingerprint density at radius 2 is 1.56 bits per heavy atom. The van der Waals surface area contributed by atoms with Gasteiger partial charge in [-0.2, -0.15) is 0 Å². The van der Waals surface area contributed by atoms with Crippen molar-refractivity contribution in [2.24, 2.45) is 17.8 Å². The molecule has 0 heterocycles. The second kappa shape index (κ2) is 7.81. The van der Waals surface area contributed by atoms with Gasteiger partial charge in [-0.15, -0.1) is 0 Å². The first-order valence-corrected chi connectivity index (χ1v) is 8.19. The summed E-state index contributed by atoms with van der Waals surface area (Å²) in [6.45, 7) is 2.44. The number of hydrogen-bond donors (Lipinski definition) is 0. The first-order valence-electron chi connectivity index (χ1n) is 8.19. The fourth-order valence-electron chi connectivity index (χ4n) is 3.62. The van der Waals surface area contributed by atoms with Gasteiger partial charge in [0, 0.05) is 0 Å². The number of hydrogen-bond acceptors (Lipinski definition) is 0. The van der Waals surface area contributed by atoms with Crippen molar-refractivity contribution >= 4 is 0 Å². The molecule has 2 rings (SSSR count). The van der Waals surface area contributed by atoms with Crippen molar-refractivity contribution in [1.82, 2.24) is 0 Å². The van der Waals surface area contributed by atoms with Crippen molar-refractivity contribution in [2.45, 2.75) is 71.1 Å². The van der Waals surface area contributed by atoms with Crippen LogP contribution in [-0.4, -0.2) is 0 Å². The van der Waals surface area contributed by atoms with E-state index in [-0.39, 0.29) is 0 Å². The lowest BCUT2D eigenvalue weighted by Crippen LogP contribution is -2.15. The van der Waals surface area contributed by atoms with Crippen LogP contribution in [0.5, 0.6) is 0 Å². The van der Waals surface area contributed by atoms with E-state index >= 15 is 0 Å². The lowest BCUT2D eigenvalue weighted by Gasteiger charge is -2.27. The highest BCUT2D eigenvalue weighted by atomic mass is 14.2.